The summed E-state index contributed by atoms with van der Waals surface area (Å²) in [5.41, 5.74) is 1.26. The molecular weight excluding hydrogens is 236 g/mol. The number of anilines is 1. The maximum absolute atomic E-state index is 4.59. The maximum Gasteiger partial charge on any atom is 0.128 e. The first-order chi connectivity index (χ1) is 9.15. The Bertz CT molecular complexity index is 366. The van der Waals surface area contributed by atoms with Gasteiger partial charge in [0.05, 0.1) is 0 Å². The van der Waals surface area contributed by atoms with E-state index in [-0.39, 0.29) is 0 Å². The van der Waals surface area contributed by atoms with Gasteiger partial charge in [-0.3, -0.25) is 0 Å². The van der Waals surface area contributed by atoms with Gasteiger partial charge in [-0.15, -0.1) is 0 Å². The van der Waals surface area contributed by atoms with Gasteiger partial charge in [0.2, 0.25) is 0 Å². The van der Waals surface area contributed by atoms with Gasteiger partial charge in [0.15, 0.2) is 0 Å². The van der Waals surface area contributed by atoms with E-state index in [0.29, 0.717) is 5.92 Å². The molecule has 0 amide bonds. The zero-order chi connectivity index (χ0) is 13.7. The van der Waals surface area contributed by atoms with Crippen molar-refractivity contribution in [2.75, 3.05) is 44.7 Å². The first-order valence-electron chi connectivity index (χ1n) is 7.24. The van der Waals surface area contributed by atoms with Crippen molar-refractivity contribution in [3.63, 3.8) is 0 Å². The number of likely N-dealkylation sites (N-methyl/N-ethyl adjacent to an activating group) is 1. The van der Waals surface area contributed by atoms with Crippen LogP contribution in [-0.2, 0) is 6.54 Å². The summed E-state index contributed by atoms with van der Waals surface area (Å²) in [7, 11) is 2.17. The Kier molecular flexibility index (Phi) is 5.16. The lowest BCUT2D eigenvalue weighted by Crippen LogP contribution is -2.44. The van der Waals surface area contributed by atoms with Gasteiger partial charge in [0.25, 0.3) is 0 Å². The van der Waals surface area contributed by atoms with Gasteiger partial charge < -0.3 is 15.1 Å². The van der Waals surface area contributed by atoms with Crippen molar-refractivity contribution in [1.29, 1.82) is 0 Å². The van der Waals surface area contributed by atoms with Crippen LogP contribution in [0.1, 0.15) is 19.4 Å². The highest BCUT2D eigenvalue weighted by molar-refractivity contribution is 5.39. The van der Waals surface area contributed by atoms with Crippen molar-refractivity contribution in [2.24, 2.45) is 5.92 Å². The van der Waals surface area contributed by atoms with Crippen molar-refractivity contribution in [1.82, 2.24) is 15.2 Å². The van der Waals surface area contributed by atoms with Crippen LogP contribution in [0.15, 0.2) is 18.3 Å². The molecule has 1 saturated heterocycles. The summed E-state index contributed by atoms with van der Waals surface area (Å²) in [4.78, 5) is 9.32. The zero-order valence-corrected chi connectivity index (χ0v) is 12.4. The van der Waals surface area contributed by atoms with Crippen molar-refractivity contribution in [2.45, 2.75) is 20.4 Å². The first-order valence-corrected chi connectivity index (χ1v) is 7.24. The van der Waals surface area contributed by atoms with Crippen LogP contribution in [0, 0.1) is 5.92 Å². The molecule has 0 radical (unpaired) electrons. The summed E-state index contributed by atoms with van der Waals surface area (Å²) >= 11 is 0. The van der Waals surface area contributed by atoms with Crippen LogP contribution >= 0.6 is 0 Å². The molecule has 19 heavy (non-hydrogen) atoms. The summed E-state index contributed by atoms with van der Waals surface area (Å²) in [6, 6.07) is 4.34. The van der Waals surface area contributed by atoms with Crippen molar-refractivity contribution >= 4 is 5.82 Å². The van der Waals surface area contributed by atoms with Gasteiger partial charge >= 0.3 is 0 Å². The van der Waals surface area contributed by atoms with E-state index >= 15 is 0 Å². The molecule has 4 heteroatoms. The number of pyridine rings is 1. The van der Waals surface area contributed by atoms with E-state index in [1.807, 2.05) is 6.20 Å². The fraction of sp³-hybridized carbons (Fsp3) is 0.667. The second-order valence-electron chi connectivity index (χ2n) is 5.84. The highest BCUT2D eigenvalue weighted by atomic mass is 15.3. The highest BCUT2D eigenvalue weighted by Gasteiger charge is 2.14. The Morgan fingerprint density at radius 1 is 1.21 bits per heavy atom. The third kappa shape index (κ3) is 4.48. The highest BCUT2D eigenvalue weighted by Crippen LogP contribution is 2.13. The molecule has 0 spiro atoms. The van der Waals surface area contributed by atoms with E-state index in [1.165, 1.54) is 5.56 Å². The van der Waals surface area contributed by atoms with Crippen molar-refractivity contribution in [3.05, 3.63) is 23.9 Å². The predicted octanol–water partition coefficient (Wildman–Crippen LogP) is 1.58. The lowest BCUT2D eigenvalue weighted by atomic mass is 10.2. The van der Waals surface area contributed by atoms with Crippen LogP contribution in [0.25, 0.3) is 0 Å². The van der Waals surface area contributed by atoms with Crippen LogP contribution in [0.5, 0.6) is 0 Å². The predicted molar refractivity (Wildman–Crippen MR) is 80.5 cm³/mol. The maximum atomic E-state index is 4.59. The van der Waals surface area contributed by atoms with Crippen LogP contribution < -0.4 is 10.2 Å². The Morgan fingerprint density at radius 3 is 2.53 bits per heavy atom. The molecule has 2 heterocycles. The SMILES string of the molecule is CC(C)CNCc1ccc(N2CCN(C)CC2)nc1. The van der Waals surface area contributed by atoms with Gasteiger partial charge in [-0.2, -0.15) is 0 Å². The average Bonchev–Trinajstić information content (AvgIpc) is 2.40. The molecule has 1 N–H and O–H groups in total. The van der Waals surface area contributed by atoms with Gasteiger partial charge in [0, 0.05) is 38.9 Å². The molecule has 1 aliphatic heterocycles. The van der Waals surface area contributed by atoms with Crippen molar-refractivity contribution in [3.8, 4) is 0 Å². The molecule has 106 valence electrons. The lowest BCUT2D eigenvalue weighted by Gasteiger charge is -2.33. The van der Waals surface area contributed by atoms with E-state index in [1.54, 1.807) is 0 Å². The third-order valence-electron chi connectivity index (χ3n) is 3.52. The molecule has 0 atom stereocenters. The summed E-state index contributed by atoms with van der Waals surface area (Å²) in [6.45, 7) is 10.8. The molecular formula is C15H26N4. The standard InChI is InChI=1S/C15H26N4/c1-13(2)10-16-11-14-4-5-15(17-12-14)19-8-6-18(3)7-9-19/h4-5,12-13,16H,6-11H2,1-3H3. The minimum Gasteiger partial charge on any atom is -0.354 e. The molecule has 0 bridgehead atoms. The molecule has 0 aromatic carbocycles. The van der Waals surface area contributed by atoms with E-state index < -0.39 is 0 Å². The first kappa shape index (κ1) is 14.3. The van der Waals surface area contributed by atoms with E-state index in [9.17, 15) is 0 Å². The van der Waals surface area contributed by atoms with Crippen LogP contribution in [0.2, 0.25) is 0 Å². The van der Waals surface area contributed by atoms with Gasteiger partial charge in [-0.1, -0.05) is 19.9 Å². The molecule has 1 aromatic rings. The third-order valence-corrected chi connectivity index (χ3v) is 3.52. The lowest BCUT2D eigenvalue weighted by molar-refractivity contribution is 0.312. The molecule has 4 nitrogen and oxygen atoms in total. The molecule has 1 fully saturated rings. The molecule has 0 saturated carbocycles. The summed E-state index contributed by atoms with van der Waals surface area (Å²) in [5, 5.41) is 3.45. The van der Waals surface area contributed by atoms with Gasteiger partial charge in [-0.25, -0.2) is 4.98 Å². The molecule has 0 unspecified atom stereocenters. The minimum atomic E-state index is 0.692. The summed E-state index contributed by atoms with van der Waals surface area (Å²) < 4.78 is 0. The minimum absolute atomic E-state index is 0.692. The van der Waals surface area contributed by atoms with Crippen LogP contribution in [0.3, 0.4) is 0 Å². The van der Waals surface area contributed by atoms with E-state index in [2.05, 4.69) is 53.1 Å². The normalized spacial score (nSPS) is 17.2. The van der Waals surface area contributed by atoms with Crippen LogP contribution in [0.4, 0.5) is 5.82 Å². The second kappa shape index (κ2) is 6.87. The summed E-state index contributed by atoms with van der Waals surface area (Å²) in [6.07, 6.45) is 2.00. The molecule has 1 aromatic heterocycles. The topological polar surface area (TPSA) is 31.4 Å². The Labute approximate surface area is 116 Å². The van der Waals surface area contributed by atoms with Gasteiger partial charge in [-0.05, 0) is 31.1 Å². The summed E-state index contributed by atoms with van der Waals surface area (Å²) in [5.74, 6) is 1.80. The zero-order valence-electron chi connectivity index (χ0n) is 12.4. The molecule has 0 aliphatic carbocycles. The van der Waals surface area contributed by atoms with E-state index in [0.717, 1.165) is 45.1 Å². The Morgan fingerprint density at radius 2 is 1.95 bits per heavy atom. The largest absolute Gasteiger partial charge is 0.354 e. The number of hydrogen-bond acceptors (Lipinski definition) is 4. The smallest absolute Gasteiger partial charge is 0.128 e. The number of nitrogens with zero attached hydrogens (tertiary/aromatic N) is 3. The van der Waals surface area contributed by atoms with Crippen LogP contribution in [-0.4, -0.2) is 49.7 Å². The number of hydrogen-bond donors (Lipinski definition) is 1. The van der Waals surface area contributed by atoms with Crippen molar-refractivity contribution < 1.29 is 0 Å². The Balaban J connectivity index is 1.84. The second-order valence-corrected chi connectivity index (χ2v) is 5.84. The Hall–Kier alpha value is -1.13. The number of rotatable bonds is 5. The average molecular weight is 262 g/mol. The fourth-order valence-electron chi connectivity index (χ4n) is 2.25. The fourth-order valence-corrected chi connectivity index (χ4v) is 2.25. The number of piperazine rings is 1. The van der Waals surface area contributed by atoms with Gasteiger partial charge in [0.1, 0.15) is 5.82 Å². The monoisotopic (exact) mass is 262 g/mol. The quantitative estimate of drug-likeness (QED) is 0.873. The molecule has 1 aliphatic rings. The number of aromatic nitrogens is 1. The number of nitrogens with one attached hydrogen (secondary N) is 1. The molecule has 2 rings (SSSR count). The van der Waals surface area contributed by atoms with E-state index in [4.69, 9.17) is 0 Å².